The number of nitrogens with zero attached hydrogens (tertiary/aromatic N) is 1. The van der Waals surface area contributed by atoms with E-state index in [1.54, 1.807) is 26.8 Å². The van der Waals surface area contributed by atoms with Gasteiger partial charge in [0, 0.05) is 42.9 Å². The summed E-state index contributed by atoms with van der Waals surface area (Å²) in [5.74, 6) is -4.83. The normalized spacial score (nSPS) is 44.6. The van der Waals surface area contributed by atoms with Crippen LogP contribution < -0.4 is 0 Å². The number of cyclic esters (lactones) is 1. The van der Waals surface area contributed by atoms with Crippen LogP contribution in [0.1, 0.15) is 67.7 Å². The molecule has 9 atom stereocenters. The van der Waals surface area contributed by atoms with E-state index in [0.29, 0.717) is 13.0 Å². The molecule has 3 aliphatic heterocycles. The summed E-state index contributed by atoms with van der Waals surface area (Å²) < 4.78 is 32.5. The average Bonchev–Trinajstić information content (AvgIpc) is 3.29. The van der Waals surface area contributed by atoms with Crippen molar-refractivity contribution in [1.82, 2.24) is 4.90 Å². The number of Topliss-reactive ketones (excluding diaryl/α,β-unsaturated/α-hetero) is 2. The van der Waals surface area contributed by atoms with E-state index in [2.05, 4.69) is 6.58 Å². The van der Waals surface area contributed by atoms with Gasteiger partial charge >= 0.3 is 11.9 Å². The number of carbonyl (C=O) groups excluding carboxylic acids is 4. The van der Waals surface area contributed by atoms with Crippen molar-refractivity contribution in [1.29, 1.82) is 0 Å². The molecule has 0 aromatic rings. The number of methoxy groups -OCH3 is 1. The predicted octanol–water partition coefficient (Wildman–Crippen LogP) is 3.45. The van der Waals surface area contributed by atoms with Crippen molar-refractivity contribution in [2.24, 2.45) is 23.2 Å². The van der Waals surface area contributed by atoms with Crippen LogP contribution in [0.25, 0.3) is 0 Å². The monoisotopic (exact) mass is 523 g/mol. The first-order chi connectivity index (χ1) is 17.0. The maximum Gasteiger partial charge on any atom is 0.351 e. The van der Waals surface area contributed by atoms with Crippen LogP contribution in [0.15, 0.2) is 12.7 Å². The first-order valence-electron chi connectivity index (χ1n) is 13.1. The summed E-state index contributed by atoms with van der Waals surface area (Å²) in [5, 5.41) is 0. The molecule has 3 aliphatic rings. The van der Waals surface area contributed by atoms with Crippen LogP contribution in [0.4, 0.5) is 4.39 Å². The zero-order valence-corrected chi connectivity index (χ0v) is 23.4. The summed E-state index contributed by atoms with van der Waals surface area (Å²) in [6, 6.07) is -0.828. The zero-order valence-electron chi connectivity index (χ0n) is 23.4. The molecule has 0 N–H and O–H groups in total. The number of ketones is 2. The molecule has 0 aliphatic carbocycles. The number of rotatable bonds is 4. The van der Waals surface area contributed by atoms with Gasteiger partial charge in [-0.15, -0.1) is 6.58 Å². The van der Waals surface area contributed by atoms with Crippen LogP contribution in [0.3, 0.4) is 0 Å². The fraction of sp³-hybridized carbons (Fsp3) is 0.786. The van der Waals surface area contributed by atoms with Crippen molar-refractivity contribution in [2.75, 3.05) is 20.3 Å². The van der Waals surface area contributed by atoms with Crippen molar-refractivity contribution in [3.05, 3.63) is 12.7 Å². The summed E-state index contributed by atoms with van der Waals surface area (Å²) in [5.41, 5.74) is -6.22. The molecule has 0 aromatic heterocycles. The molecule has 9 heteroatoms. The second-order valence-corrected chi connectivity index (χ2v) is 12.3. The Morgan fingerprint density at radius 2 is 1.68 bits per heavy atom. The quantitative estimate of drug-likeness (QED) is 0.314. The smallest absolute Gasteiger partial charge is 0.351 e. The highest BCUT2D eigenvalue weighted by Gasteiger charge is 2.69. The highest BCUT2D eigenvalue weighted by atomic mass is 19.1. The molecule has 37 heavy (non-hydrogen) atoms. The molecule has 0 saturated carbocycles. The van der Waals surface area contributed by atoms with E-state index in [0.717, 1.165) is 6.92 Å². The third kappa shape index (κ3) is 4.89. The Labute approximate surface area is 219 Å². The molecule has 0 bridgehead atoms. The van der Waals surface area contributed by atoms with Crippen molar-refractivity contribution in [2.45, 2.75) is 96.7 Å². The van der Waals surface area contributed by atoms with Crippen LogP contribution in [0, 0.1) is 23.2 Å². The van der Waals surface area contributed by atoms with Crippen LogP contribution >= 0.6 is 0 Å². The first kappa shape index (κ1) is 29.4. The van der Waals surface area contributed by atoms with Gasteiger partial charge in [0.2, 0.25) is 0 Å². The van der Waals surface area contributed by atoms with Crippen molar-refractivity contribution in [3.63, 3.8) is 0 Å². The Morgan fingerprint density at radius 3 is 2.22 bits per heavy atom. The predicted molar refractivity (Wildman–Crippen MR) is 134 cm³/mol. The lowest BCUT2D eigenvalue weighted by atomic mass is 9.64. The minimum absolute atomic E-state index is 0.0544. The lowest BCUT2D eigenvalue weighted by molar-refractivity contribution is -0.178. The second-order valence-electron chi connectivity index (χ2n) is 12.3. The van der Waals surface area contributed by atoms with Gasteiger partial charge in [-0.05, 0) is 47.0 Å². The summed E-state index contributed by atoms with van der Waals surface area (Å²) in [6.45, 7) is 15.1. The number of carbonyl (C=O) groups is 4. The van der Waals surface area contributed by atoms with Crippen LogP contribution in [0.5, 0.6) is 0 Å². The number of hydrogen-bond acceptors (Lipinski definition) is 8. The third-order valence-corrected chi connectivity index (χ3v) is 8.94. The summed E-state index contributed by atoms with van der Waals surface area (Å²) in [7, 11) is 1.49. The SMILES string of the molecule is C=CCC(C)N1C[C@@]2(C)C(=O)[C@H](C)C[C@@](C)(OC)C[C@@H](C)C(=O)[C@@](C)(F)C(=O)OC[C@@]3(C)OC(=O)[C@H]1C32. The molecular weight excluding hydrogens is 481 g/mol. The van der Waals surface area contributed by atoms with Gasteiger partial charge in [0.15, 0.2) is 5.78 Å². The second kappa shape index (κ2) is 9.88. The van der Waals surface area contributed by atoms with Crippen molar-refractivity contribution >= 4 is 23.5 Å². The van der Waals surface area contributed by atoms with E-state index in [1.165, 1.54) is 7.11 Å². The van der Waals surface area contributed by atoms with E-state index in [9.17, 15) is 19.2 Å². The largest absolute Gasteiger partial charge is 0.459 e. The van der Waals surface area contributed by atoms with Crippen LogP contribution in [-0.2, 0) is 33.4 Å². The Hall–Kier alpha value is -2.13. The molecule has 3 saturated heterocycles. The van der Waals surface area contributed by atoms with Crippen LogP contribution in [-0.4, -0.2) is 77.6 Å². The van der Waals surface area contributed by atoms with E-state index in [1.807, 2.05) is 25.7 Å². The van der Waals surface area contributed by atoms with E-state index in [-0.39, 0.29) is 24.7 Å². The Balaban J connectivity index is 2.14. The minimum atomic E-state index is -2.89. The average molecular weight is 524 g/mol. The Morgan fingerprint density at radius 1 is 1.11 bits per heavy atom. The number of hydrogen-bond donors (Lipinski definition) is 0. The lowest BCUT2D eigenvalue weighted by Gasteiger charge is -2.41. The molecule has 0 radical (unpaired) electrons. The molecule has 8 nitrogen and oxygen atoms in total. The van der Waals surface area contributed by atoms with Gasteiger partial charge in [-0.1, -0.05) is 26.8 Å². The van der Waals surface area contributed by atoms with Crippen molar-refractivity contribution < 1.29 is 37.8 Å². The van der Waals surface area contributed by atoms with E-state index >= 15 is 4.39 Å². The highest BCUT2D eigenvalue weighted by Crippen LogP contribution is 2.55. The van der Waals surface area contributed by atoms with Gasteiger partial charge in [-0.2, -0.15) is 0 Å². The molecule has 0 aromatic carbocycles. The molecule has 2 unspecified atom stereocenters. The number of likely N-dealkylation sites (tertiary alicyclic amines) is 1. The summed E-state index contributed by atoms with van der Waals surface area (Å²) >= 11 is 0. The number of alkyl halides is 1. The lowest BCUT2D eigenvalue weighted by Crippen LogP contribution is -2.53. The van der Waals surface area contributed by atoms with Gasteiger partial charge in [-0.25, -0.2) is 9.18 Å². The standard InChI is InChI=1S/C28H42FNO7/c1-10-11-18(4)30-14-26(6)20-19(30)23(33)37-27(20,7)15-36-24(34)28(8,29)22(32)17(3)13-25(5,35-9)12-16(2)21(26)31/h10,16-20H,1,11-15H2,2-9H3/t16-,17-,18?,19-,20?,25-,26-,27-,28-/m1/s1. The molecule has 208 valence electrons. The molecule has 3 heterocycles. The maximum absolute atomic E-state index is 15.6. The fourth-order valence-electron chi connectivity index (χ4n) is 7.11. The third-order valence-electron chi connectivity index (χ3n) is 8.94. The summed E-state index contributed by atoms with van der Waals surface area (Å²) in [4.78, 5) is 55.3. The maximum atomic E-state index is 15.6. The molecular formula is C28H42FNO7. The Kier molecular flexibility index (Phi) is 7.85. The molecule has 3 fully saturated rings. The topological polar surface area (TPSA) is 99.2 Å². The fourth-order valence-corrected chi connectivity index (χ4v) is 7.11. The van der Waals surface area contributed by atoms with Gasteiger partial charge in [0.25, 0.3) is 5.67 Å². The van der Waals surface area contributed by atoms with E-state index in [4.69, 9.17) is 14.2 Å². The van der Waals surface area contributed by atoms with Crippen LogP contribution in [0.2, 0.25) is 0 Å². The number of esters is 2. The Bertz CT molecular complexity index is 982. The minimum Gasteiger partial charge on any atom is -0.459 e. The molecule has 0 amide bonds. The number of ether oxygens (including phenoxy) is 3. The van der Waals surface area contributed by atoms with Crippen molar-refractivity contribution in [3.8, 4) is 0 Å². The highest BCUT2D eigenvalue weighted by molar-refractivity contribution is 6.07. The van der Waals surface area contributed by atoms with Gasteiger partial charge < -0.3 is 14.2 Å². The van der Waals surface area contributed by atoms with Gasteiger partial charge in [-0.3, -0.25) is 19.3 Å². The number of halogens is 1. The van der Waals surface area contributed by atoms with E-state index < -0.39 is 70.4 Å². The van der Waals surface area contributed by atoms with Gasteiger partial charge in [0.05, 0.1) is 5.60 Å². The first-order valence-corrected chi connectivity index (χ1v) is 13.1. The molecule has 3 rings (SSSR count). The summed E-state index contributed by atoms with van der Waals surface area (Å²) in [6.07, 6.45) is 2.77. The zero-order chi connectivity index (χ0) is 28.1. The molecule has 0 spiro atoms. The van der Waals surface area contributed by atoms with Gasteiger partial charge in [0.1, 0.15) is 24.0 Å².